The van der Waals surface area contributed by atoms with Crippen LogP contribution >= 0.6 is 0 Å². The molecule has 1 heterocycles. The number of aromatic nitrogens is 2. The molecule has 1 aromatic heterocycles. The minimum absolute atomic E-state index is 0.0714. The lowest BCUT2D eigenvalue weighted by atomic mass is 9.93. The standard InChI is InChI=1S/C36H30F3N3O3/c37-31-20-28(17-18-29(31)14-8-7-9-25-15-16-25)19-30(35(43)40-21-32(38)39)33-34(44-22-26-10-3-1-4-11-26)36(42-24-41-33)45-23-27-12-5-2-6-13-27/h1-6,10-13,17-18,20,24-25,30,32H,15-16,19,21-23H2,(H,40,43). The van der Waals surface area contributed by atoms with E-state index < -0.39 is 30.6 Å². The zero-order valence-corrected chi connectivity index (χ0v) is 24.3. The molecule has 9 heteroatoms. The summed E-state index contributed by atoms with van der Waals surface area (Å²) in [6.07, 6.45) is 0.515. The SMILES string of the molecule is O=C(NCC(F)F)C(Cc1ccc(C#CC#CC2CC2)c(F)c1)c1ncnc(OCc2ccccc2)c1OCc1ccccc1. The maximum atomic E-state index is 15.0. The first-order valence-electron chi connectivity index (χ1n) is 14.5. The van der Waals surface area contributed by atoms with Crippen LogP contribution in [0.4, 0.5) is 13.2 Å². The maximum Gasteiger partial charge on any atom is 0.260 e. The van der Waals surface area contributed by atoms with Crippen molar-refractivity contribution < 1.29 is 27.4 Å². The number of nitrogens with zero attached hydrogens (tertiary/aromatic N) is 2. The number of carbonyl (C=O) groups is 1. The molecule has 0 saturated heterocycles. The number of carbonyl (C=O) groups excluding carboxylic acids is 1. The summed E-state index contributed by atoms with van der Waals surface area (Å²) in [6.45, 7) is -0.608. The van der Waals surface area contributed by atoms with Crippen molar-refractivity contribution in [3.8, 4) is 35.3 Å². The average Bonchev–Trinajstić information content (AvgIpc) is 3.89. The molecule has 1 unspecified atom stereocenters. The van der Waals surface area contributed by atoms with Crippen LogP contribution in [0.15, 0.2) is 85.2 Å². The lowest BCUT2D eigenvalue weighted by Gasteiger charge is -2.21. The number of rotatable bonds is 12. The normalized spacial score (nSPS) is 12.7. The van der Waals surface area contributed by atoms with Gasteiger partial charge < -0.3 is 14.8 Å². The molecule has 3 aromatic carbocycles. The van der Waals surface area contributed by atoms with Gasteiger partial charge in [-0.05, 0) is 65.8 Å². The van der Waals surface area contributed by atoms with Crippen molar-refractivity contribution >= 4 is 5.91 Å². The second kappa shape index (κ2) is 15.4. The summed E-state index contributed by atoms with van der Waals surface area (Å²) in [7, 11) is 0. The number of halogens is 3. The number of alkyl halides is 2. The molecule has 0 radical (unpaired) electrons. The van der Waals surface area contributed by atoms with Gasteiger partial charge in [-0.3, -0.25) is 4.79 Å². The summed E-state index contributed by atoms with van der Waals surface area (Å²) >= 11 is 0. The Morgan fingerprint density at radius 3 is 2.22 bits per heavy atom. The molecule has 1 amide bonds. The van der Waals surface area contributed by atoms with Crippen LogP contribution in [0.2, 0.25) is 0 Å². The van der Waals surface area contributed by atoms with Crippen LogP contribution in [0.5, 0.6) is 11.6 Å². The minimum atomic E-state index is -2.77. The van der Waals surface area contributed by atoms with Crippen LogP contribution in [0.1, 0.15) is 46.7 Å². The zero-order chi connectivity index (χ0) is 31.4. The second-order valence-corrected chi connectivity index (χ2v) is 10.4. The minimum Gasteiger partial charge on any atom is -0.482 e. The molecule has 5 rings (SSSR count). The third kappa shape index (κ3) is 9.35. The summed E-state index contributed by atoms with van der Waals surface area (Å²) in [5.74, 6) is 9.25. The van der Waals surface area contributed by atoms with Crippen LogP contribution in [-0.4, -0.2) is 28.8 Å². The fourth-order valence-electron chi connectivity index (χ4n) is 4.41. The van der Waals surface area contributed by atoms with E-state index in [1.165, 1.54) is 18.5 Å². The molecule has 1 fully saturated rings. The van der Waals surface area contributed by atoms with Crippen molar-refractivity contribution in [2.24, 2.45) is 5.92 Å². The topological polar surface area (TPSA) is 73.3 Å². The van der Waals surface area contributed by atoms with Crippen molar-refractivity contribution in [2.45, 2.75) is 44.8 Å². The molecule has 6 nitrogen and oxygen atoms in total. The van der Waals surface area contributed by atoms with Gasteiger partial charge in [-0.25, -0.2) is 18.2 Å². The Morgan fingerprint density at radius 2 is 1.58 bits per heavy atom. The van der Waals surface area contributed by atoms with E-state index in [2.05, 4.69) is 39.0 Å². The number of benzene rings is 3. The molecule has 0 aliphatic heterocycles. The Labute approximate surface area is 260 Å². The van der Waals surface area contributed by atoms with Gasteiger partial charge in [0.05, 0.1) is 18.0 Å². The van der Waals surface area contributed by atoms with E-state index >= 15 is 4.39 Å². The van der Waals surface area contributed by atoms with Crippen molar-refractivity contribution in [1.29, 1.82) is 0 Å². The largest absolute Gasteiger partial charge is 0.482 e. The van der Waals surface area contributed by atoms with E-state index in [0.29, 0.717) is 11.5 Å². The lowest BCUT2D eigenvalue weighted by Crippen LogP contribution is -2.34. The number of hydrogen-bond acceptors (Lipinski definition) is 5. The number of nitrogens with one attached hydrogen (secondary N) is 1. The first-order valence-corrected chi connectivity index (χ1v) is 14.5. The molecule has 1 saturated carbocycles. The summed E-state index contributed by atoms with van der Waals surface area (Å²) in [5.41, 5.74) is 2.41. The zero-order valence-electron chi connectivity index (χ0n) is 24.3. The molecule has 1 aliphatic rings. The highest BCUT2D eigenvalue weighted by atomic mass is 19.3. The van der Waals surface area contributed by atoms with E-state index in [4.69, 9.17) is 9.47 Å². The third-order valence-electron chi connectivity index (χ3n) is 6.91. The highest BCUT2D eigenvalue weighted by molar-refractivity contribution is 5.84. The summed E-state index contributed by atoms with van der Waals surface area (Å²) < 4.78 is 53.5. The highest BCUT2D eigenvalue weighted by Crippen LogP contribution is 2.36. The van der Waals surface area contributed by atoms with Gasteiger partial charge in [0.15, 0.2) is 0 Å². The first kappa shape index (κ1) is 31.2. The maximum absolute atomic E-state index is 15.0. The van der Waals surface area contributed by atoms with Crippen LogP contribution in [0.3, 0.4) is 0 Å². The van der Waals surface area contributed by atoms with Crippen molar-refractivity contribution in [3.63, 3.8) is 0 Å². The monoisotopic (exact) mass is 609 g/mol. The van der Waals surface area contributed by atoms with Gasteiger partial charge in [-0.2, -0.15) is 4.98 Å². The van der Waals surface area contributed by atoms with Gasteiger partial charge >= 0.3 is 0 Å². The molecule has 0 spiro atoms. The summed E-state index contributed by atoms with van der Waals surface area (Å²) in [4.78, 5) is 22.1. The first-order chi connectivity index (χ1) is 22.0. The Bertz CT molecular complexity index is 1720. The number of ether oxygens (including phenoxy) is 2. The number of amides is 1. The highest BCUT2D eigenvalue weighted by Gasteiger charge is 2.30. The van der Waals surface area contributed by atoms with Gasteiger partial charge in [-0.15, -0.1) is 0 Å². The summed E-state index contributed by atoms with van der Waals surface area (Å²) in [5, 5.41) is 2.28. The van der Waals surface area contributed by atoms with Crippen LogP contribution in [0.25, 0.3) is 0 Å². The van der Waals surface area contributed by atoms with Crippen molar-refractivity contribution in [2.75, 3.05) is 6.54 Å². The van der Waals surface area contributed by atoms with Crippen LogP contribution in [0, 0.1) is 35.4 Å². The molecular formula is C36H30F3N3O3. The van der Waals surface area contributed by atoms with E-state index in [1.807, 2.05) is 60.7 Å². The van der Waals surface area contributed by atoms with Crippen LogP contribution in [-0.2, 0) is 24.4 Å². The second-order valence-electron chi connectivity index (χ2n) is 10.4. The smallest absolute Gasteiger partial charge is 0.260 e. The predicted molar refractivity (Wildman–Crippen MR) is 163 cm³/mol. The van der Waals surface area contributed by atoms with E-state index in [0.717, 1.165) is 24.0 Å². The quantitative estimate of drug-likeness (QED) is 0.193. The fraction of sp³-hybridized carbons (Fsp3) is 0.250. The Kier molecular flexibility index (Phi) is 10.7. The molecule has 4 aromatic rings. The molecule has 0 bridgehead atoms. The van der Waals surface area contributed by atoms with Crippen molar-refractivity contribution in [3.05, 3.63) is 119 Å². The molecule has 1 N–H and O–H groups in total. The number of hydrogen-bond donors (Lipinski definition) is 1. The van der Waals surface area contributed by atoms with Crippen molar-refractivity contribution in [1.82, 2.24) is 15.3 Å². The molecular weight excluding hydrogens is 579 g/mol. The van der Waals surface area contributed by atoms with Crippen LogP contribution < -0.4 is 14.8 Å². The van der Waals surface area contributed by atoms with E-state index in [1.54, 1.807) is 6.07 Å². The predicted octanol–water partition coefficient (Wildman–Crippen LogP) is 6.25. The summed E-state index contributed by atoms with van der Waals surface area (Å²) in [6, 6.07) is 23.1. The molecule has 1 aliphatic carbocycles. The van der Waals surface area contributed by atoms with Gasteiger partial charge in [0.2, 0.25) is 11.7 Å². The lowest BCUT2D eigenvalue weighted by molar-refractivity contribution is -0.123. The van der Waals surface area contributed by atoms with Gasteiger partial charge in [0.25, 0.3) is 12.3 Å². The third-order valence-corrected chi connectivity index (χ3v) is 6.91. The van der Waals surface area contributed by atoms with E-state index in [-0.39, 0.29) is 42.5 Å². The van der Waals surface area contributed by atoms with Gasteiger partial charge in [-0.1, -0.05) is 72.7 Å². The fourth-order valence-corrected chi connectivity index (χ4v) is 4.41. The van der Waals surface area contributed by atoms with Gasteiger partial charge in [0, 0.05) is 5.92 Å². The Hall–Kier alpha value is -5.28. The Morgan fingerprint density at radius 1 is 0.889 bits per heavy atom. The molecule has 45 heavy (non-hydrogen) atoms. The van der Waals surface area contributed by atoms with Gasteiger partial charge in [0.1, 0.15) is 31.1 Å². The van der Waals surface area contributed by atoms with E-state index in [9.17, 15) is 13.6 Å². The molecule has 228 valence electrons. The molecule has 1 atom stereocenters. The Balaban J connectivity index is 1.46. The average molecular weight is 610 g/mol.